The molecule has 24 heavy (non-hydrogen) atoms. The average molecular weight is 349 g/mol. The van der Waals surface area contributed by atoms with Crippen LogP contribution in [0.4, 0.5) is 11.4 Å². The van der Waals surface area contributed by atoms with Gasteiger partial charge < -0.3 is 4.42 Å². The molecule has 10 heteroatoms. The summed E-state index contributed by atoms with van der Waals surface area (Å²) in [5, 5.41) is 10.7. The quantitative estimate of drug-likeness (QED) is 0.547. The maximum absolute atomic E-state index is 12.4. The molecule has 3 rings (SSSR count). The van der Waals surface area contributed by atoms with Gasteiger partial charge in [-0.2, -0.15) is 0 Å². The molecule has 0 saturated carbocycles. The van der Waals surface area contributed by atoms with E-state index in [0.717, 1.165) is 0 Å². The van der Waals surface area contributed by atoms with Gasteiger partial charge in [0.1, 0.15) is 0 Å². The molecule has 1 aromatic heterocycles. The van der Waals surface area contributed by atoms with Crippen molar-refractivity contribution in [2.45, 2.75) is 11.8 Å². The number of nitrogens with zero attached hydrogens (tertiary/aromatic N) is 1. The Bertz CT molecular complexity index is 1110. The first kappa shape index (κ1) is 15.7. The van der Waals surface area contributed by atoms with E-state index in [4.69, 9.17) is 4.42 Å². The van der Waals surface area contributed by atoms with Crippen molar-refractivity contribution in [1.29, 1.82) is 0 Å². The highest BCUT2D eigenvalue weighted by molar-refractivity contribution is 7.92. The number of oxazole rings is 1. The fourth-order valence-electron chi connectivity index (χ4n) is 2.17. The van der Waals surface area contributed by atoms with Gasteiger partial charge in [-0.15, -0.1) is 0 Å². The van der Waals surface area contributed by atoms with E-state index in [1.807, 2.05) is 0 Å². The lowest BCUT2D eigenvalue weighted by atomic mass is 10.2. The number of anilines is 1. The van der Waals surface area contributed by atoms with Gasteiger partial charge in [-0.3, -0.25) is 19.8 Å². The van der Waals surface area contributed by atoms with Crippen molar-refractivity contribution in [2.75, 3.05) is 4.72 Å². The second-order valence-electron chi connectivity index (χ2n) is 5.03. The van der Waals surface area contributed by atoms with Crippen molar-refractivity contribution in [3.8, 4) is 0 Å². The zero-order valence-corrected chi connectivity index (χ0v) is 13.1. The van der Waals surface area contributed by atoms with E-state index >= 15 is 0 Å². The largest absolute Gasteiger partial charge is 0.417 e. The molecular formula is C14H11N3O6S. The Balaban J connectivity index is 1.98. The first-order chi connectivity index (χ1) is 11.3. The minimum atomic E-state index is -3.95. The van der Waals surface area contributed by atoms with E-state index < -0.39 is 20.7 Å². The number of benzene rings is 2. The Labute approximate surface area is 135 Å². The van der Waals surface area contributed by atoms with E-state index in [2.05, 4.69) is 9.71 Å². The van der Waals surface area contributed by atoms with Gasteiger partial charge in [0.05, 0.1) is 21.0 Å². The number of H-pyrrole nitrogens is 1. The fraction of sp³-hybridized carbons (Fsp3) is 0.0714. The van der Waals surface area contributed by atoms with Gasteiger partial charge in [0.15, 0.2) is 5.58 Å². The molecule has 124 valence electrons. The van der Waals surface area contributed by atoms with Crippen molar-refractivity contribution in [1.82, 2.24) is 4.98 Å². The number of nitro benzene ring substituents is 1. The molecule has 0 saturated heterocycles. The Morgan fingerprint density at radius 3 is 2.62 bits per heavy atom. The van der Waals surface area contributed by atoms with Crippen molar-refractivity contribution in [3.63, 3.8) is 0 Å². The lowest BCUT2D eigenvalue weighted by molar-refractivity contribution is -0.384. The van der Waals surface area contributed by atoms with Crippen molar-refractivity contribution < 1.29 is 17.8 Å². The summed E-state index contributed by atoms with van der Waals surface area (Å²) in [7, 11) is -3.95. The lowest BCUT2D eigenvalue weighted by Gasteiger charge is -2.10. The smallest absolute Gasteiger partial charge is 0.408 e. The molecule has 2 N–H and O–H groups in total. The molecule has 0 aliphatic rings. The topological polar surface area (TPSA) is 135 Å². The van der Waals surface area contributed by atoms with Crippen LogP contribution in [0.15, 0.2) is 50.5 Å². The lowest BCUT2D eigenvalue weighted by Crippen LogP contribution is -2.13. The van der Waals surface area contributed by atoms with Gasteiger partial charge in [0, 0.05) is 18.2 Å². The number of nitro groups is 1. The van der Waals surface area contributed by atoms with Crippen LogP contribution in [-0.4, -0.2) is 18.3 Å². The molecule has 0 fully saturated rings. The Kier molecular flexibility index (Phi) is 3.60. The van der Waals surface area contributed by atoms with Crippen molar-refractivity contribution in [3.05, 3.63) is 62.6 Å². The maximum Gasteiger partial charge on any atom is 0.417 e. The van der Waals surface area contributed by atoms with Gasteiger partial charge in [0.2, 0.25) is 0 Å². The van der Waals surface area contributed by atoms with Gasteiger partial charge >= 0.3 is 5.76 Å². The number of non-ortho nitro benzene ring substituents is 1. The molecule has 0 atom stereocenters. The van der Waals surface area contributed by atoms with E-state index in [0.29, 0.717) is 11.1 Å². The summed E-state index contributed by atoms with van der Waals surface area (Å²) in [6.07, 6.45) is 0. The van der Waals surface area contributed by atoms with E-state index in [9.17, 15) is 23.3 Å². The summed E-state index contributed by atoms with van der Waals surface area (Å²) < 4.78 is 32.1. The predicted molar refractivity (Wildman–Crippen MR) is 85.5 cm³/mol. The highest BCUT2D eigenvalue weighted by Crippen LogP contribution is 2.25. The molecule has 0 unspecified atom stereocenters. The standard InChI is InChI=1S/C14H11N3O6S/c1-8-6-9(17(19)20)2-4-11(8)16-24(21,22)10-3-5-12-13(7-10)23-14(18)15-12/h2-7,16H,1H3,(H,15,18). The SMILES string of the molecule is Cc1cc([N+](=O)[O-])ccc1NS(=O)(=O)c1ccc2[nH]c(=O)oc2c1. The molecule has 0 aliphatic heterocycles. The number of aromatic amines is 1. The summed E-state index contributed by atoms with van der Waals surface area (Å²) in [5.41, 5.74) is 0.984. The number of sulfonamides is 1. The predicted octanol–water partition coefficient (Wildman–Crippen LogP) is 2.14. The van der Waals surface area contributed by atoms with Crippen molar-refractivity contribution in [2.24, 2.45) is 0 Å². The van der Waals surface area contributed by atoms with Gasteiger partial charge in [-0.25, -0.2) is 13.2 Å². The number of hydrogen-bond donors (Lipinski definition) is 2. The second kappa shape index (κ2) is 5.49. The molecule has 0 radical (unpaired) electrons. The van der Waals surface area contributed by atoms with E-state index in [-0.39, 0.29) is 21.9 Å². The first-order valence-electron chi connectivity index (χ1n) is 6.67. The van der Waals surface area contributed by atoms with Crippen LogP contribution in [0.1, 0.15) is 5.56 Å². The van der Waals surface area contributed by atoms with Gasteiger partial charge in [0.25, 0.3) is 15.7 Å². The highest BCUT2D eigenvalue weighted by atomic mass is 32.2. The summed E-state index contributed by atoms with van der Waals surface area (Å²) in [6.45, 7) is 1.55. The van der Waals surface area contributed by atoms with Crippen LogP contribution < -0.4 is 10.5 Å². The Morgan fingerprint density at radius 2 is 1.96 bits per heavy atom. The third kappa shape index (κ3) is 2.86. The minimum absolute atomic E-state index is 0.101. The van der Waals surface area contributed by atoms with Gasteiger partial charge in [-0.05, 0) is 30.7 Å². The monoisotopic (exact) mass is 349 g/mol. The summed E-state index contributed by atoms with van der Waals surface area (Å²) in [4.78, 5) is 23.6. The molecule has 3 aromatic rings. The van der Waals surface area contributed by atoms with Crippen LogP contribution in [0, 0.1) is 17.0 Å². The summed E-state index contributed by atoms with van der Waals surface area (Å²) in [5.74, 6) is -0.682. The molecule has 9 nitrogen and oxygen atoms in total. The molecule has 1 heterocycles. The maximum atomic E-state index is 12.4. The Hall–Kier alpha value is -3.14. The number of fused-ring (bicyclic) bond motifs is 1. The third-order valence-corrected chi connectivity index (χ3v) is 4.73. The number of aryl methyl sites for hydroxylation is 1. The third-order valence-electron chi connectivity index (χ3n) is 3.37. The minimum Gasteiger partial charge on any atom is -0.408 e. The normalized spacial score (nSPS) is 11.5. The van der Waals surface area contributed by atoms with Crippen LogP contribution in [0.3, 0.4) is 0 Å². The Morgan fingerprint density at radius 1 is 1.21 bits per heavy atom. The van der Waals surface area contributed by atoms with Crippen molar-refractivity contribution >= 4 is 32.5 Å². The molecule has 0 amide bonds. The van der Waals surface area contributed by atoms with E-state index in [1.54, 1.807) is 6.92 Å². The average Bonchev–Trinajstić information content (AvgIpc) is 2.88. The molecule has 0 aliphatic carbocycles. The van der Waals surface area contributed by atoms with Crippen LogP contribution in [0.2, 0.25) is 0 Å². The molecular weight excluding hydrogens is 338 g/mol. The van der Waals surface area contributed by atoms with E-state index in [1.165, 1.54) is 36.4 Å². The number of aromatic nitrogens is 1. The fourth-order valence-corrected chi connectivity index (χ4v) is 3.32. The number of nitrogens with one attached hydrogen (secondary N) is 2. The number of rotatable bonds is 4. The van der Waals surface area contributed by atoms with Crippen LogP contribution in [-0.2, 0) is 10.0 Å². The molecule has 0 spiro atoms. The number of hydrogen-bond acceptors (Lipinski definition) is 6. The second-order valence-corrected chi connectivity index (χ2v) is 6.72. The molecule has 0 bridgehead atoms. The summed E-state index contributed by atoms with van der Waals surface area (Å²) >= 11 is 0. The zero-order chi connectivity index (χ0) is 17.5. The first-order valence-corrected chi connectivity index (χ1v) is 8.15. The summed E-state index contributed by atoms with van der Waals surface area (Å²) in [6, 6.07) is 7.75. The van der Waals surface area contributed by atoms with Gasteiger partial charge in [-0.1, -0.05) is 0 Å². The molecule has 2 aromatic carbocycles. The zero-order valence-electron chi connectivity index (χ0n) is 12.3. The highest BCUT2D eigenvalue weighted by Gasteiger charge is 2.18. The van der Waals surface area contributed by atoms with Crippen LogP contribution in [0.25, 0.3) is 11.1 Å². The van der Waals surface area contributed by atoms with Crippen LogP contribution in [0.5, 0.6) is 0 Å². The van der Waals surface area contributed by atoms with Crippen LogP contribution >= 0.6 is 0 Å².